The lowest BCUT2D eigenvalue weighted by atomic mass is 10.2. The monoisotopic (exact) mass is 291 g/mol. The van der Waals surface area contributed by atoms with Crippen molar-refractivity contribution in [3.63, 3.8) is 0 Å². The molecule has 1 rings (SSSR count). The molecule has 5 nitrogen and oxygen atoms in total. The van der Waals surface area contributed by atoms with Crippen LogP contribution in [0.15, 0.2) is 18.2 Å². The van der Waals surface area contributed by atoms with Gasteiger partial charge in [0.05, 0.1) is 6.26 Å². The molecule has 1 atom stereocenters. The van der Waals surface area contributed by atoms with Crippen LogP contribution in [0.4, 0.5) is 0 Å². The van der Waals surface area contributed by atoms with Gasteiger partial charge in [-0.1, -0.05) is 11.6 Å². The summed E-state index contributed by atoms with van der Waals surface area (Å²) in [6.45, 7) is 3.26. The van der Waals surface area contributed by atoms with Crippen LogP contribution in [0, 0.1) is 6.92 Å². The van der Waals surface area contributed by atoms with E-state index in [1.54, 1.807) is 25.1 Å². The third-order valence-electron chi connectivity index (χ3n) is 2.10. The number of hydrogen-bond donors (Lipinski definition) is 1. The Balaban J connectivity index is 2.72. The SMILES string of the molecule is Cc1cc(OC(C)C(=O)NS(C)(=O)=O)ccc1Cl. The Bertz CT molecular complexity index is 556. The minimum absolute atomic E-state index is 0.452. The molecule has 1 aromatic rings. The van der Waals surface area contributed by atoms with Gasteiger partial charge in [0.2, 0.25) is 10.0 Å². The van der Waals surface area contributed by atoms with Gasteiger partial charge >= 0.3 is 0 Å². The molecule has 1 amide bonds. The van der Waals surface area contributed by atoms with Crippen LogP contribution in [-0.2, 0) is 14.8 Å². The van der Waals surface area contributed by atoms with Crippen LogP contribution in [0.1, 0.15) is 12.5 Å². The molecule has 0 radical (unpaired) electrons. The largest absolute Gasteiger partial charge is 0.481 e. The van der Waals surface area contributed by atoms with E-state index in [0.717, 1.165) is 11.8 Å². The second kappa shape index (κ2) is 5.58. The minimum atomic E-state index is -3.58. The standard InChI is InChI=1S/C11H14ClNO4S/c1-7-6-9(4-5-10(7)12)17-8(2)11(14)13-18(3,15)16/h4-6,8H,1-3H3,(H,13,14). The summed E-state index contributed by atoms with van der Waals surface area (Å²) in [7, 11) is -3.58. The number of ether oxygens (including phenoxy) is 1. The van der Waals surface area contributed by atoms with Crippen molar-refractivity contribution < 1.29 is 17.9 Å². The summed E-state index contributed by atoms with van der Waals surface area (Å²) in [5.41, 5.74) is 0.810. The Morgan fingerprint density at radius 1 is 1.44 bits per heavy atom. The number of amides is 1. The fraction of sp³-hybridized carbons (Fsp3) is 0.364. The number of benzene rings is 1. The van der Waals surface area contributed by atoms with Crippen LogP contribution in [-0.4, -0.2) is 26.7 Å². The number of sulfonamides is 1. The zero-order valence-corrected chi connectivity index (χ0v) is 11.8. The van der Waals surface area contributed by atoms with Gasteiger partial charge < -0.3 is 4.74 Å². The molecule has 0 bridgehead atoms. The van der Waals surface area contributed by atoms with E-state index in [1.165, 1.54) is 6.92 Å². The summed E-state index contributed by atoms with van der Waals surface area (Å²) in [5, 5.41) is 0.593. The highest BCUT2D eigenvalue weighted by Gasteiger charge is 2.18. The number of carbonyl (C=O) groups excluding carboxylic acids is 1. The molecule has 7 heteroatoms. The van der Waals surface area contributed by atoms with Gasteiger partial charge in [0.1, 0.15) is 5.75 Å². The van der Waals surface area contributed by atoms with Gasteiger partial charge in [-0.15, -0.1) is 0 Å². The summed E-state index contributed by atoms with van der Waals surface area (Å²) in [6.07, 6.45) is -0.00958. The Morgan fingerprint density at radius 2 is 2.06 bits per heavy atom. The molecular weight excluding hydrogens is 278 g/mol. The highest BCUT2D eigenvalue weighted by atomic mass is 35.5. The van der Waals surface area contributed by atoms with Crippen LogP contribution in [0.25, 0.3) is 0 Å². The molecule has 0 aliphatic rings. The normalized spacial score (nSPS) is 12.9. The van der Waals surface area contributed by atoms with Crippen molar-refractivity contribution in [2.75, 3.05) is 6.26 Å². The molecule has 0 spiro atoms. The molecule has 0 saturated heterocycles. The molecule has 0 heterocycles. The first kappa shape index (κ1) is 14.8. The molecule has 0 aliphatic carbocycles. The third kappa shape index (κ3) is 4.54. The van der Waals surface area contributed by atoms with Crippen LogP contribution < -0.4 is 9.46 Å². The van der Waals surface area contributed by atoms with Crippen LogP contribution in [0.3, 0.4) is 0 Å². The molecule has 0 aromatic heterocycles. The molecular formula is C11H14ClNO4S. The molecule has 0 saturated carbocycles. The topological polar surface area (TPSA) is 72.5 Å². The lowest BCUT2D eigenvalue weighted by molar-refractivity contribution is -0.125. The van der Waals surface area contributed by atoms with Gasteiger partial charge in [-0.2, -0.15) is 0 Å². The van der Waals surface area contributed by atoms with Crippen molar-refractivity contribution in [1.29, 1.82) is 0 Å². The van der Waals surface area contributed by atoms with E-state index in [4.69, 9.17) is 16.3 Å². The molecule has 18 heavy (non-hydrogen) atoms. The highest BCUT2D eigenvalue weighted by molar-refractivity contribution is 7.89. The molecule has 100 valence electrons. The average molecular weight is 292 g/mol. The molecule has 1 N–H and O–H groups in total. The summed E-state index contributed by atoms with van der Waals surface area (Å²) >= 11 is 5.85. The van der Waals surface area contributed by atoms with Gasteiger partial charge in [-0.25, -0.2) is 8.42 Å². The van der Waals surface area contributed by atoms with Crippen molar-refractivity contribution in [1.82, 2.24) is 4.72 Å². The second-order valence-electron chi connectivity index (χ2n) is 3.91. The van der Waals surface area contributed by atoms with Crippen molar-refractivity contribution >= 4 is 27.5 Å². The quantitative estimate of drug-likeness (QED) is 0.912. The van der Waals surface area contributed by atoms with E-state index in [9.17, 15) is 13.2 Å². The van der Waals surface area contributed by atoms with E-state index in [1.807, 2.05) is 4.72 Å². The number of halogens is 1. The molecule has 0 aliphatic heterocycles. The van der Waals surface area contributed by atoms with E-state index in [2.05, 4.69) is 0 Å². The minimum Gasteiger partial charge on any atom is -0.481 e. The lowest BCUT2D eigenvalue weighted by Crippen LogP contribution is -2.39. The van der Waals surface area contributed by atoms with E-state index in [-0.39, 0.29) is 0 Å². The van der Waals surface area contributed by atoms with Crippen molar-refractivity contribution in [3.8, 4) is 5.75 Å². The van der Waals surface area contributed by atoms with Gasteiger partial charge in [-0.05, 0) is 37.6 Å². The zero-order chi connectivity index (χ0) is 13.9. The van der Waals surface area contributed by atoms with Gasteiger partial charge in [0, 0.05) is 5.02 Å². The maximum Gasteiger partial charge on any atom is 0.274 e. The maximum atomic E-state index is 11.5. The molecule has 1 unspecified atom stereocenters. The van der Waals surface area contributed by atoms with Gasteiger partial charge in [0.15, 0.2) is 6.10 Å². The fourth-order valence-electron chi connectivity index (χ4n) is 1.21. The van der Waals surface area contributed by atoms with Crippen molar-refractivity contribution in [2.24, 2.45) is 0 Å². The lowest BCUT2D eigenvalue weighted by Gasteiger charge is -2.14. The summed E-state index contributed by atoms with van der Waals surface area (Å²) in [5.74, 6) is -0.266. The van der Waals surface area contributed by atoms with Crippen molar-refractivity contribution in [2.45, 2.75) is 20.0 Å². The van der Waals surface area contributed by atoms with E-state index in [0.29, 0.717) is 10.8 Å². The summed E-state index contributed by atoms with van der Waals surface area (Å²) in [4.78, 5) is 11.5. The van der Waals surface area contributed by atoms with E-state index < -0.39 is 22.0 Å². The van der Waals surface area contributed by atoms with Crippen molar-refractivity contribution in [3.05, 3.63) is 28.8 Å². The average Bonchev–Trinajstić information content (AvgIpc) is 2.21. The number of aryl methyl sites for hydroxylation is 1. The predicted molar refractivity (Wildman–Crippen MR) is 69.3 cm³/mol. The predicted octanol–water partition coefficient (Wildman–Crippen LogP) is 1.49. The first-order chi connectivity index (χ1) is 8.19. The summed E-state index contributed by atoms with van der Waals surface area (Å²) < 4.78 is 29.0. The highest BCUT2D eigenvalue weighted by Crippen LogP contribution is 2.21. The Kier molecular flexibility index (Phi) is 4.59. The van der Waals surface area contributed by atoms with Crippen LogP contribution >= 0.6 is 11.6 Å². The van der Waals surface area contributed by atoms with Gasteiger partial charge in [-0.3, -0.25) is 9.52 Å². The van der Waals surface area contributed by atoms with E-state index >= 15 is 0 Å². The van der Waals surface area contributed by atoms with Gasteiger partial charge in [0.25, 0.3) is 5.91 Å². The Labute approximate surface area is 111 Å². The Hall–Kier alpha value is -1.27. The third-order valence-corrected chi connectivity index (χ3v) is 3.09. The molecule has 0 fully saturated rings. The smallest absolute Gasteiger partial charge is 0.274 e. The Morgan fingerprint density at radius 3 is 2.56 bits per heavy atom. The maximum absolute atomic E-state index is 11.5. The zero-order valence-electron chi connectivity index (χ0n) is 10.2. The number of hydrogen-bond acceptors (Lipinski definition) is 4. The van der Waals surface area contributed by atoms with Crippen LogP contribution in [0.5, 0.6) is 5.75 Å². The number of carbonyl (C=O) groups is 1. The fourth-order valence-corrected chi connectivity index (χ4v) is 1.86. The first-order valence-electron chi connectivity index (χ1n) is 5.13. The summed E-state index contributed by atoms with van der Waals surface area (Å²) in [6, 6.07) is 4.93. The van der Waals surface area contributed by atoms with Crippen LogP contribution in [0.2, 0.25) is 5.02 Å². The first-order valence-corrected chi connectivity index (χ1v) is 7.40. The second-order valence-corrected chi connectivity index (χ2v) is 6.07. The molecule has 1 aromatic carbocycles. The number of nitrogens with one attached hydrogen (secondary N) is 1. The number of rotatable bonds is 4.